The zero-order chi connectivity index (χ0) is 15.4. The maximum Gasteiger partial charge on any atom is 0.326 e. The van der Waals surface area contributed by atoms with Gasteiger partial charge in [-0.05, 0) is 37.0 Å². The average molecular weight is 312 g/mol. The van der Waals surface area contributed by atoms with Gasteiger partial charge in [0.2, 0.25) is 0 Å². The molecule has 1 unspecified atom stereocenters. The number of aromatic hydroxyl groups is 1. The van der Waals surface area contributed by atoms with Gasteiger partial charge < -0.3 is 15.5 Å². The molecular formula is C15H18ClNO4. The van der Waals surface area contributed by atoms with Crippen molar-refractivity contribution in [1.29, 1.82) is 0 Å². The van der Waals surface area contributed by atoms with Crippen LogP contribution in [0.25, 0.3) is 0 Å². The van der Waals surface area contributed by atoms with Gasteiger partial charge in [-0.25, -0.2) is 4.79 Å². The number of carbonyl (C=O) groups is 2. The van der Waals surface area contributed by atoms with Crippen molar-refractivity contribution >= 4 is 23.5 Å². The molecule has 1 amide bonds. The van der Waals surface area contributed by atoms with Gasteiger partial charge in [0.1, 0.15) is 11.8 Å². The van der Waals surface area contributed by atoms with E-state index in [1.165, 1.54) is 18.2 Å². The molecule has 1 aliphatic rings. The molecule has 1 aromatic rings. The van der Waals surface area contributed by atoms with E-state index in [0.29, 0.717) is 0 Å². The predicted octanol–water partition coefficient (Wildman–Crippen LogP) is 2.81. The van der Waals surface area contributed by atoms with E-state index in [4.69, 9.17) is 11.6 Å². The highest BCUT2D eigenvalue weighted by molar-refractivity contribution is 6.33. The minimum atomic E-state index is -1.04. The normalized spacial score (nSPS) is 17.2. The topological polar surface area (TPSA) is 86.6 Å². The van der Waals surface area contributed by atoms with Gasteiger partial charge >= 0.3 is 5.97 Å². The molecule has 5 nitrogen and oxygen atoms in total. The van der Waals surface area contributed by atoms with Gasteiger partial charge in [0.05, 0.1) is 10.6 Å². The number of phenols is 1. The SMILES string of the molecule is O=C(NC(C(=O)O)C1CCCCC1)c1cc(O)ccc1Cl. The Bertz CT molecular complexity index is 540. The Labute approximate surface area is 127 Å². The highest BCUT2D eigenvalue weighted by Gasteiger charge is 2.31. The number of hydrogen-bond donors (Lipinski definition) is 3. The van der Waals surface area contributed by atoms with Crippen LogP contribution in [0.15, 0.2) is 18.2 Å². The van der Waals surface area contributed by atoms with Crippen molar-refractivity contribution in [3.8, 4) is 5.75 Å². The number of nitrogens with one attached hydrogen (secondary N) is 1. The fourth-order valence-corrected chi connectivity index (χ4v) is 2.96. The van der Waals surface area contributed by atoms with Crippen molar-refractivity contribution in [3.63, 3.8) is 0 Å². The van der Waals surface area contributed by atoms with Crippen LogP contribution >= 0.6 is 11.6 Å². The second-order valence-corrected chi connectivity index (χ2v) is 5.76. The summed E-state index contributed by atoms with van der Waals surface area (Å²) in [6.45, 7) is 0. The number of carbonyl (C=O) groups excluding carboxylic acids is 1. The van der Waals surface area contributed by atoms with Gasteiger partial charge in [0, 0.05) is 0 Å². The van der Waals surface area contributed by atoms with Gasteiger partial charge in [-0.2, -0.15) is 0 Å². The van der Waals surface area contributed by atoms with Crippen LogP contribution < -0.4 is 5.32 Å². The number of rotatable bonds is 4. The highest BCUT2D eigenvalue weighted by Crippen LogP contribution is 2.27. The zero-order valence-electron chi connectivity index (χ0n) is 11.5. The van der Waals surface area contributed by atoms with Crippen molar-refractivity contribution < 1.29 is 19.8 Å². The van der Waals surface area contributed by atoms with E-state index in [0.717, 1.165) is 32.1 Å². The minimum absolute atomic E-state index is 0.0590. The van der Waals surface area contributed by atoms with Crippen LogP contribution in [0, 0.1) is 5.92 Å². The third-order valence-electron chi connectivity index (χ3n) is 3.87. The van der Waals surface area contributed by atoms with E-state index >= 15 is 0 Å². The van der Waals surface area contributed by atoms with E-state index in [2.05, 4.69) is 5.32 Å². The summed E-state index contributed by atoms with van der Waals surface area (Å²) >= 11 is 5.92. The number of phenolic OH excluding ortho intramolecular Hbond substituents is 1. The molecule has 1 aromatic carbocycles. The Morgan fingerprint density at radius 3 is 2.52 bits per heavy atom. The predicted molar refractivity (Wildman–Crippen MR) is 78.6 cm³/mol. The lowest BCUT2D eigenvalue weighted by Crippen LogP contribution is -2.46. The summed E-state index contributed by atoms with van der Waals surface area (Å²) < 4.78 is 0. The Kier molecular flexibility index (Phi) is 5.07. The third-order valence-corrected chi connectivity index (χ3v) is 4.20. The number of hydrogen-bond acceptors (Lipinski definition) is 3. The van der Waals surface area contributed by atoms with Crippen LogP contribution in [-0.4, -0.2) is 28.1 Å². The molecule has 1 saturated carbocycles. The van der Waals surface area contributed by atoms with Crippen molar-refractivity contribution in [3.05, 3.63) is 28.8 Å². The van der Waals surface area contributed by atoms with E-state index in [1.54, 1.807) is 0 Å². The summed E-state index contributed by atoms with van der Waals surface area (Å²) in [5.74, 6) is -1.76. The van der Waals surface area contributed by atoms with Crippen LogP contribution in [0.1, 0.15) is 42.5 Å². The van der Waals surface area contributed by atoms with Gasteiger partial charge in [-0.15, -0.1) is 0 Å². The second kappa shape index (κ2) is 6.80. The molecule has 21 heavy (non-hydrogen) atoms. The maximum atomic E-state index is 12.2. The molecule has 3 N–H and O–H groups in total. The molecule has 0 aliphatic heterocycles. The summed E-state index contributed by atoms with van der Waals surface area (Å²) in [7, 11) is 0. The van der Waals surface area contributed by atoms with Gasteiger partial charge in [-0.1, -0.05) is 30.9 Å². The highest BCUT2D eigenvalue weighted by atomic mass is 35.5. The molecule has 1 fully saturated rings. The van der Waals surface area contributed by atoms with E-state index in [-0.39, 0.29) is 22.3 Å². The number of amides is 1. The number of benzene rings is 1. The third kappa shape index (κ3) is 3.88. The molecule has 1 aliphatic carbocycles. The molecule has 1 atom stereocenters. The fourth-order valence-electron chi connectivity index (χ4n) is 2.75. The minimum Gasteiger partial charge on any atom is -0.508 e. The Morgan fingerprint density at radius 2 is 1.90 bits per heavy atom. The van der Waals surface area contributed by atoms with E-state index in [9.17, 15) is 19.8 Å². The molecule has 0 bridgehead atoms. The molecule has 0 aromatic heterocycles. The van der Waals surface area contributed by atoms with Crippen molar-refractivity contribution in [1.82, 2.24) is 5.32 Å². The van der Waals surface area contributed by atoms with Crippen LogP contribution in [0.4, 0.5) is 0 Å². The maximum absolute atomic E-state index is 12.2. The standard InChI is InChI=1S/C15H18ClNO4/c16-12-7-6-10(18)8-11(12)14(19)17-13(15(20)21)9-4-2-1-3-5-9/h6-9,13,18H,1-5H2,(H,17,19)(H,20,21). The lowest BCUT2D eigenvalue weighted by Gasteiger charge is -2.28. The van der Waals surface area contributed by atoms with Crippen molar-refractivity contribution in [2.24, 2.45) is 5.92 Å². The van der Waals surface area contributed by atoms with E-state index < -0.39 is 17.9 Å². The first-order chi connectivity index (χ1) is 9.99. The summed E-state index contributed by atoms with van der Waals surface area (Å²) in [6.07, 6.45) is 4.67. The summed E-state index contributed by atoms with van der Waals surface area (Å²) in [5.41, 5.74) is 0.0822. The molecule has 0 heterocycles. The first-order valence-electron chi connectivity index (χ1n) is 7.01. The van der Waals surface area contributed by atoms with Crippen molar-refractivity contribution in [2.75, 3.05) is 0 Å². The van der Waals surface area contributed by atoms with Crippen LogP contribution in [0.2, 0.25) is 5.02 Å². The van der Waals surface area contributed by atoms with Crippen molar-refractivity contribution in [2.45, 2.75) is 38.1 Å². The number of carboxylic acid groups (broad SMARTS) is 1. The lowest BCUT2D eigenvalue weighted by atomic mass is 9.84. The number of aliphatic carboxylic acids is 1. The first-order valence-corrected chi connectivity index (χ1v) is 7.39. The molecular weight excluding hydrogens is 294 g/mol. The number of halogens is 1. The van der Waals surface area contributed by atoms with Gasteiger partial charge in [-0.3, -0.25) is 4.79 Å². The van der Waals surface area contributed by atoms with Gasteiger partial charge in [0.15, 0.2) is 0 Å². The molecule has 6 heteroatoms. The molecule has 114 valence electrons. The number of carboxylic acids is 1. The fraction of sp³-hybridized carbons (Fsp3) is 0.467. The van der Waals surface area contributed by atoms with E-state index in [1.807, 2.05) is 0 Å². The quantitative estimate of drug-likeness (QED) is 0.798. The monoisotopic (exact) mass is 311 g/mol. The summed E-state index contributed by atoms with van der Waals surface area (Å²) in [5, 5.41) is 21.5. The average Bonchev–Trinajstić information content (AvgIpc) is 2.47. The summed E-state index contributed by atoms with van der Waals surface area (Å²) in [6, 6.07) is 3.09. The molecule has 0 spiro atoms. The molecule has 2 rings (SSSR count). The second-order valence-electron chi connectivity index (χ2n) is 5.35. The Balaban J connectivity index is 2.14. The summed E-state index contributed by atoms with van der Waals surface area (Å²) in [4.78, 5) is 23.6. The molecule has 0 saturated heterocycles. The Hall–Kier alpha value is -1.75. The van der Waals surface area contributed by atoms with Crippen LogP contribution in [-0.2, 0) is 4.79 Å². The van der Waals surface area contributed by atoms with Crippen LogP contribution in [0.3, 0.4) is 0 Å². The largest absolute Gasteiger partial charge is 0.508 e. The Morgan fingerprint density at radius 1 is 1.24 bits per heavy atom. The van der Waals surface area contributed by atoms with Crippen LogP contribution in [0.5, 0.6) is 5.75 Å². The lowest BCUT2D eigenvalue weighted by molar-refractivity contribution is -0.141. The zero-order valence-corrected chi connectivity index (χ0v) is 12.3. The van der Waals surface area contributed by atoms with Gasteiger partial charge in [0.25, 0.3) is 5.91 Å². The first kappa shape index (κ1) is 15.6. The molecule has 0 radical (unpaired) electrons. The smallest absolute Gasteiger partial charge is 0.326 e.